The number of aryl methyl sites for hydroxylation is 2. The van der Waals surface area contributed by atoms with Gasteiger partial charge in [-0.05, 0) is 36.0 Å². The van der Waals surface area contributed by atoms with E-state index in [9.17, 15) is 9.90 Å². The van der Waals surface area contributed by atoms with Crippen LogP contribution in [0.15, 0.2) is 42.7 Å². The van der Waals surface area contributed by atoms with Gasteiger partial charge in [-0.25, -0.2) is 14.5 Å². The van der Waals surface area contributed by atoms with Gasteiger partial charge in [0.25, 0.3) is 0 Å². The van der Waals surface area contributed by atoms with Crippen molar-refractivity contribution in [2.24, 2.45) is 5.92 Å². The van der Waals surface area contributed by atoms with Crippen molar-refractivity contribution >= 4 is 5.97 Å². The third-order valence-electron chi connectivity index (χ3n) is 4.86. The van der Waals surface area contributed by atoms with Gasteiger partial charge in [0.2, 0.25) is 0 Å². The van der Waals surface area contributed by atoms with E-state index in [1.807, 2.05) is 28.9 Å². The van der Waals surface area contributed by atoms with Crippen LogP contribution in [-0.2, 0) is 19.4 Å². The molecule has 0 amide bonds. The lowest BCUT2D eigenvalue weighted by Gasteiger charge is -2.08. The Balaban J connectivity index is 1.80. The molecular formula is C23H28N4O2. The molecule has 2 aromatic heterocycles. The molecule has 1 aromatic carbocycles. The van der Waals surface area contributed by atoms with E-state index in [1.54, 1.807) is 6.20 Å². The molecule has 0 aliphatic rings. The molecule has 2 heterocycles. The number of benzene rings is 1. The Morgan fingerprint density at radius 2 is 1.90 bits per heavy atom. The Hall–Kier alpha value is -3.02. The van der Waals surface area contributed by atoms with Crippen LogP contribution in [0.4, 0.5) is 0 Å². The van der Waals surface area contributed by atoms with Gasteiger partial charge in [-0.2, -0.15) is 5.10 Å². The minimum absolute atomic E-state index is 0.254. The van der Waals surface area contributed by atoms with Crippen molar-refractivity contribution in [2.75, 3.05) is 0 Å². The van der Waals surface area contributed by atoms with E-state index in [0.29, 0.717) is 18.0 Å². The van der Waals surface area contributed by atoms with Crippen LogP contribution in [-0.4, -0.2) is 30.8 Å². The highest BCUT2D eigenvalue weighted by molar-refractivity contribution is 5.95. The lowest BCUT2D eigenvalue weighted by atomic mass is 10.0. The fraction of sp³-hybridized carbons (Fsp3) is 0.391. The summed E-state index contributed by atoms with van der Waals surface area (Å²) in [6.07, 6.45) is 7.01. The number of nitrogens with zero attached hydrogens (tertiary/aromatic N) is 4. The van der Waals surface area contributed by atoms with Crippen molar-refractivity contribution in [3.63, 3.8) is 0 Å². The third-order valence-corrected chi connectivity index (χ3v) is 4.86. The zero-order chi connectivity index (χ0) is 20.8. The molecule has 0 saturated carbocycles. The maximum Gasteiger partial charge on any atom is 0.336 e. The van der Waals surface area contributed by atoms with Gasteiger partial charge in [-0.1, -0.05) is 45.0 Å². The Morgan fingerprint density at radius 1 is 1.14 bits per heavy atom. The zero-order valence-corrected chi connectivity index (χ0v) is 17.3. The maximum atomic E-state index is 11.5. The molecule has 0 bridgehead atoms. The molecule has 0 radical (unpaired) electrons. The number of carbonyl (C=O) groups is 1. The van der Waals surface area contributed by atoms with Gasteiger partial charge in [-0.3, -0.25) is 4.98 Å². The van der Waals surface area contributed by atoms with Gasteiger partial charge in [0, 0.05) is 30.8 Å². The molecule has 0 aliphatic heterocycles. The third kappa shape index (κ3) is 5.28. The van der Waals surface area contributed by atoms with Gasteiger partial charge in [0.15, 0.2) is 5.82 Å². The quantitative estimate of drug-likeness (QED) is 0.574. The number of pyridine rings is 1. The minimum atomic E-state index is -0.952. The fourth-order valence-electron chi connectivity index (χ4n) is 3.26. The van der Waals surface area contributed by atoms with Crippen molar-refractivity contribution in [3.05, 3.63) is 65.5 Å². The molecule has 0 fully saturated rings. The first-order chi connectivity index (χ1) is 14.0. The van der Waals surface area contributed by atoms with Gasteiger partial charge >= 0.3 is 5.97 Å². The van der Waals surface area contributed by atoms with Crippen LogP contribution in [0.1, 0.15) is 61.2 Å². The second kappa shape index (κ2) is 9.45. The first-order valence-electron chi connectivity index (χ1n) is 10.2. The predicted octanol–water partition coefficient (Wildman–Crippen LogP) is 4.63. The molecule has 6 nitrogen and oxygen atoms in total. The van der Waals surface area contributed by atoms with Crippen molar-refractivity contribution < 1.29 is 9.90 Å². The second-order valence-corrected chi connectivity index (χ2v) is 7.71. The standard InChI is InChI=1S/C23H28N4O2/c1-4-5-22-25-21(11-6-16(2)3)26-27(22)15-17-7-9-18(10-8-17)20-14-24-13-12-19(20)23(28)29/h7-10,12-14,16H,4-6,11,15H2,1-3H3,(H,28,29). The number of aromatic carboxylic acids is 1. The van der Waals surface area contributed by atoms with Crippen LogP contribution in [0.5, 0.6) is 0 Å². The summed E-state index contributed by atoms with van der Waals surface area (Å²) in [4.78, 5) is 20.3. The largest absolute Gasteiger partial charge is 0.478 e. The number of rotatable bonds is 9. The number of hydrogen-bond donors (Lipinski definition) is 1. The van der Waals surface area contributed by atoms with E-state index < -0.39 is 5.97 Å². The van der Waals surface area contributed by atoms with E-state index in [2.05, 4.69) is 25.8 Å². The normalized spacial score (nSPS) is 11.2. The number of carboxylic acid groups (broad SMARTS) is 1. The molecule has 3 rings (SSSR count). The van der Waals surface area contributed by atoms with E-state index >= 15 is 0 Å². The van der Waals surface area contributed by atoms with Gasteiger partial charge in [0.1, 0.15) is 5.82 Å². The van der Waals surface area contributed by atoms with Gasteiger partial charge in [0.05, 0.1) is 12.1 Å². The fourth-order valence-corrected chi connectivity index (χ4v) is 3.26. The second-order valence-electron chi connectivity index (χ2n) is 7.71. The predicted molar refractivity (Wildman–Crippen MR) is 113 cm³/mol. The Labute approximate surface area is 171 Å². The summed E-state index contributed by atoms with van der Waals surface area (Å²) < 4.78 is 2.00. The highest BCUT2D eigenvalue weighted by Crippen LogP contribution is 2.23. The molecule has 6 heteroatoms. The van der Waals surface area contributed by atoms with Crippen molar-refractivity contribution in [1.82, 2.24) is 19.7 Å². The topological polar surface area (TPSA) is 80.9 Å². The first-order valence-corrected chi connectivity index (χ1v) is 10.2. The Kier molecular flexibility index (Phi) is 6.75. The van der Waals surface area contributed by atoms with Crippen molar-refractivity contribution in [2.45, 2.75) is 53.0 Å². The SMILES string of the molecule is CCCc1nc(CCC(C)C)nn1Cc1ccc(-c2cnccc2C(=O)O)cc1. The van der Waals surface area contributed by atoms with Crippen molar-refractivity contribution in [1.29, 1.82) is 0 Å². The molecule has 0 unspecified atom stereocenters. The van der Waals surface area contributed by atoms with E-state index in [-0.39, 0.29) is 5.56 Å². The highest BCUT2D eigenvalue weighted by Gasteiger charge is 2.13. The molecule has 0 saturated heterocycles. The van der Waals surface area contributed by atoms with Crippen molar-refractivity contribution in [3.8, 4) is 11.1 Å². The number of hydrogen-bond acceptors (Lipinski definition) is 4. The lowest BCUT2D eigenvalue weighted by molar-refractivity contribution is 0.0697. The molecule has 29 heavy (non-hydrogen) atoms. The minimum Gasteiger partial charge on any atom is -0.478 e. The smallest absolute Gasteiger partial charge is 0.336 e. The molecule has 0 aliphatic carbocycles. The van der Waals surface area contributed by atoms with Crippen LogP contribution in [0, 0.1) is 5.92 Å². The van der Waals surface area contributed by atoms with E-state index in [0.717, 1.165) is 48.5 Å². The monoisotopic (exact) mass is 392 g/mol. The van der Waals surface area contributed by atoms with E-state index in [4.69, 9.17) is 10.1 Å². The highest BCUT2D eigenvalue weighted by atomic mass is 16.4. The molecule has 0 atom stereocenters. The average Bonchev–Trinajstić information content (AvgIpc) is 3.08. The molecule has 152 valence electrons. The average molecular weight is 393 g/mol. The van der Waals surface area contributed by atoms with Crippen LogP contribution in [0.3, 0.4) is 0 Å². The summed E-state index contributed by atoms with van der Waals surface area (Å²) in [6, 6.07) is 9.43. The number of aromatic nitrogens is 4. The maximum absolute atomic E-state index is 11.5. The Bertz CT molecular complexity index is 961. The zero-order valence-electron chi connectivity index (χ0n) is 17.3. The van der Waals surface area contributed by atoms with Gasteiger partial charge < -0.3 is 5.11 Å². The summed E-state index contributed by atoms with van der Waals surface area (Å²) in [5.41, 5.74) is 2.82. The lowest BCUT2D eigenvalue weighted by Crippen LogP contribution is -2.07. The van der Waals surface area contributed by atoms with Crippen LogP contribution in [0.25, 0.3) is 11.1 Å². The number of carboxylic acids is 1. The summed E-state index contributed by atoms with van der Waals surface area (Å²) >= 11 is 0. The van der Waals surface area contributed by atoms with Crippen LogP contribution in [0.2, 0.25) is 0 Å². The summed E-state index contributed by atoms with van der Waals surface area (Å²) in [5.74, 6) is 1.62. The van der Waals surface area contributed by atoms with Crippen LogP contribution < -0.4 is 0 Å². The first kappa shape index (κ1) is 20.7. The van der Waals surface area contributed by atoms with Gasteiger partial charge in [-0.15, -0.1) is 0 Å². The summed E-state index contributed by atoms with van der Waals surface area (Å²) in [5, 5.41) is 14.1. The molecular weight excluding hydrogens is 364 g/mol. The molecule has 1 N–H and O–H groups in total. The summed E-state index contributed by atoms with van der Waals surface area (Å²) in [6.45, 7) is 7.23. The molecule has 0 spiro atoms. The van der Waals surface area contributed by atoms with Crippen LogP contribution >= 0.6 is 0 Å². The molecule has 3 aromatic rings. The summed E-state index contributed by atoms with van der Waals surface area (Å²) in [7, 11) is 0. The Morgan fingerprint density at radius 3 is 2.55 bits per heavy atom. The van der Waals surface area contributed by atoms with E-state index in [1.165, 1.54) is 12.3 Å².